The Morgan fingerprint density at radius 2 is 2.00 bits per heavy atom. The standard InChI is InChI=1S/C19H22ClN3O3/c1-13-6-7-15(19(25)22-13)18(24)21-12-17(23-8-10-26-11-9-23)14-4-2-3-5-16(14)20/h2-7,17H,8-12H2,1H3,(H,21,24)(H,22,25). The molecule has 1 fully saturated rings. The first kappa shape index (κ1) is 18.6. The second-order valence-electron chi connectivity index (χ2n) is 6.28. The van der Waals surface area contributed by atoms with Crippen LogP contribution in [0, 0.1) is 6.92 Å². The highest BCUT2D eigenvalue weighted by Gasteiger charge is 2.25. The number of aromatic nitrogens is 1. The number of carbonyl (C=O) groups excluding carboxylic acids is 1. The number of carbonyl (C=O) groups is 1. The van der Waals surface area contributed by atoms with Crippen molar-refractivity contribution in [2.45, 2.75) is 13.0 Å². The highest BCUT2D eigenvalue weighted by molar-refractivity contribution is 6.31. The first-order valence-corrected chi connectivity index (χ1v) is 8.98. The van der Waals surface area contributed by atoms with Gasteiger partial charge in [0.05, 0.1) is 19.3 Å². The molecule has 7 heteroatoms. The van der Waals surface area contributed by atoms with Crippen LogP contribution in [-0.2, 0) is 4.74 Å². The van der Waals surface area contributed by atoms with E-state index in [1.54, 1.807) is 19.1 Å². The van der Waals surface area contributed by atoms with Gasteiger partial charge in [-0.15, -0.1) is 0 Å². The lowest BCUT2D eigenvalue weighted by Gasteiger charge is -2.35. The number of H-pyrrole nitrogens is 1. The molecule has 138 valence electrons. The number of aryl methyl sites for hydroxylation is 1. The van der Waals surface area contributed by atoms with E-state index in [1.807, 2.05) is 24.3 Å². The number of morpholine rings is 1. The van der Waals surface area contributed by atoms with Gasteiger partial charge < -0.3 is 15.0 Å². The summed E-state index contributed by atoms with van der Waals surface area (Å²) in [4.78, 5) is 29.3. The van der Waals surface area contributed by atoms with Crippen LogP contribution in [0.1, 0.15) is 27.7 Å². The van der Waals surface area contributed by atoms with Crippen molar-refractivity contribution in [3.63, 3.8) is 0 Å². The Kier molecular flexibility index (Phi) is 6.08. The third-order valence-electron chi connectivity index (χ3n) is 4.51. The van der Waals surface area contributed by atoms with Gasteiger partial charge in [0.2, 0.25) is 0 Å². The average molecular weight is 376 g/mol. The summed E-state index contributed by atoms with van der Waals surface area (Å²) in [5, 5.41) is 3.54. The smallest absolute Gasteiger partial charge is 0.260 e. The normalized spacial score (nSPS) is 16.2. The van der Waals surface area contributed by atoms with Gasteiger partial charge in [0.15, 0.2) is 0 Å². The fraction of sp³-hybridized carbons (Fsp3) is 0.368. The Morgan fingerprint density at radius 1 is 1.27 bits per heavy atom. The van der Waals surface area contributed by atoms with Gasteiger partial charge in [0.1, 0.15) is 5.56 Å². The summed E-state index contributed by atoms with van der Waals surface area (Å²) < 4.78 is 5.43. The molecule has 2 N–H and O–H groups in total. The van der Waals surface area contributed by atoms with Crippen LogP contribution < -0.4 is 10.9 Å². The van der Waals surface area contributed by atoms with E-state index in [-0.39, 0.29) is 17.2 Å². The van der Waals surface area contributed by atoms with Crippen molar-refractivity contribution in [3.8, 4) is 0 Å². The number of hydrogen-bond donors (Lipinski definition) is 2. The fourth-order valence-corrected chi connectivity index (χ4v) is 3.37. The Balaban J connectivity index is 1.78. The summed E-state index contributed by atoms with van der Waals surface area (Å²) in [6.07, 6.45) is 0. The zero-order valence-electron chi connectivity index (χ0n) is 14.6. The van der Waals surface area contributed by atoms with Gasteiger partial charge in [-0.1, -0.05) is 29.8 Å². The Morgan fingerprint density at radius 3 is 2.69 bits per heavy atom. The van der Waals surface area contributed by atoms with E-state index in [4.69, 9.17) is 16.3 Å². The molecule has 1 aliphatic rings. The highest BCUT2D eigenvalue weighted by Crippen LogP contribution is 2.27. The van der Waals surface area contributed by atoms with Crippen LogP contribution in [0.2, 0.25) is 5.02 Å². The molecule has 0 bridgehead atoms. The van der Waals surface area contributed by atoms with E-state index in [2.05, 4.69) is 15.2 Å². The largest absolute Gasteiger partial charge is 0.379 e. The molecule has 26 heavy (non-hydrogen) atoms. The second-order valence-corrected chi connectivity index (χ2v) is 6.69. The number of pyridine rings is 1. The van der Waals surface area contributed by atoms with E-state index < -0.39 is 5.91 Å². The topological polar surface area (TPSA) is 74.4 Å². The van der Waals surface area contributed by atoms with E-state index in [1.165, 1.54) is 0 Å². The zero-order chi connectivity index (χ0) is 18.5. The SMILES string of the molecule is Cc1ccc(C(=O)NCC(c2ccccc2Cl)N2CCOCC2)c(=O)[nH]1. The number of benzene rings is 1. The molecule has 1 aromatic heterocycles. The molecular formula is C19H22ClN3O3. The third-order valence-corrected chi connectivity index (χ3v) is 4.85. The minimum Gasteiger partial charge on any atom is -0.379 e. The molecule has 2 aromatic rings. The number of nitrogens with one attached hydrogen (secondary N) is 2. The highest BCUT2D eigenvalue weighted by atomic mass is 35.5. The van der Waals surface area contributed by atoms with Crippen molar-refractivity contribution in [2.75, 3.05) is 32.8 Å². The van der Waals surface area contributed by atoms with Gasteiger partial charge in [-0.05, 0) is 30.7 Å². The van der Waals surface area contributed by atoms with Crippen molar-refractivity contribution in [2.24, 2.45) is 0 Å². The molecule has 0 spiro atoms. The summed E-state index contributed by atoms with van der Waals surface area (Å²) in [7, 11) is 0. The Bertz CT molecular complexity index is 831. The maximum atomic E-state index is 12.5. The first-order chi connectivity index (χ1) is 12.6. The van der Waals surface area contributed by atoms with Crippen LogP contribution in [0.4, 0.5) is 0 Å². The maximum Gasteiger partial charge on any atom is 0.260 e. The summed E-state index contributed by atoms with van der Waals surface area (Å²) in [5.41, 5.74) is 1.39. The lowest BCUT2D eigenvalue weighted by atomic mass is 10.0. The molecule has 0 radical (unpaired) electrons. The summed E-state index contributed by atoms with van der Waals surface area (Å²) in [6.45, 7) is 4.94. The lowest BCUT2D eigenvalue weighted by molar-refractivity contribution is 0.0162. The summed E-state index contributed by atoms with van der Waals surface area (Å²) in [5.74, 6) is -0.392. The van der Waals surface area contributed by atoms with Crippen LogP contribution in [0.3, 0.4) is 0 Å². The van der Waals surface area contributed by atoms with Crippen LogP contribution in [0.15, 0.2) is 41.2 Å². The van der Waals surface area contributed by atoms with Gasteiger partial charge in [-0.2, -0.15) is 0 Å². The van der Waals surface area contributed by atoms with E-state index in [0.29, 0.717) is 30.5 Å². The predicted molar refractivity (Wildman–Crippen MR) is 101 cm³/mol. The number of ether oxygens (including phenoxy) is 1. The van der Waals surface area contributed by atoms with Crippen molar-refractivity contribution in [1.29, 1.82) is 0 Å². The molecule has 1 saturated heterocycles. The second kappa shape index (κ2) is 8.49. The Labute approximate surface area is 157 Å². The Hall–Kier alpha value is -2.15. The predicted octanol–water partition coefficient (Wildman–Crippen LogP) is 2.14. The molecule has 1 unspecified atom stereocenters. The first-order valence-electron chi connectivity index (χ1n) is 8.60. The molecule has 0 saturated carbocycles. The number of hydrogen-bond acceptors (Lipinski definition) is 4. The van der Waals surface area contributed by atoms with Crippen molar-refractivity contribution in [3.05, 3.63) is 68.6 Å². The molecule has 1 atom stereocenters. The number of rotatable bonds is 5. The molecule has 1 aromatic carbocycles. The number of amides is 1. The van der Waals surface area contributed by atoms with E-state index in [9.17, 15) is 9.59 Å². The maximum absolute atomic E-state index is 12.5. The molecular weight excluding hydrogens is 354 g/mol. The number of nitrogens with zero attached hydrogens (tertiary/aromatic N) is 1. The van der Waals surface area contributed by atoms with Gasteiger partial charge in [-0.3, -0.25) is 14.5 Å². The fourth-order valence-electron chi connectivity index (χ4n) is 3.11. The summed E-state index contributed by atoms with van der Waals surface area (Å²) in [6, 6.07) is 10.8. The molecule has 1 amide bonds. The average Bonchev–Trinajstić information content (AvgIpc) is 2.64. The zero-order valence-corrected chi connectivity index (χ0v) is 15.4. The number of halogens is 1. The van der Waals surface area contributed by atoms with Gasteiger partial charge >= 0.3 is 0 Å². The molecule has 1 aliphatic heterocycles. The van der Waals surface area contributed by atoms with Crippen LogP contribution in [-0.4, -0.2) is 48.6 Å². The van der Waals surface area contributed by atoms with Gasteiger partial charge in [0, 0.05) is 30.4 Å². The van der Waals surface area contributed by atoms with Crippen LogP contribution >= 0.6 is 11.6 Å². The van der Waals surface area contributed by atoms with Gasteiger partial charge in [-0.25, -0.2) is 0 Å². The molecule has 3 rings (SSSR count). The van der Waals surface area contributed by atoms with Gasteiger partial charge in [0.25, 0.3) is 11.5 Å². The molecule has 0 aliphatic carbocycles. The quantitative estimate of drug-likeness (QED) is 0.839. The van der Waals surface area contributed by atoms with Crippen molar-refractivity contribution < 1.29 is 9.53 Å². The van der Waals surface area contributed by atoms with Crippen LogP contribution in [0.5, 0.6) is 0 Å². The lowest BCUT2D eigenvalue weighted by Crippen LogP contribution is -2.44. The number of aromatic amines is 1. The molecule has 2 heterocycles. The van der Waals surface area contributed by atoms with Crippen molar-refractivity contribution in [1.82, 2.24) is 15.2 Å². The van der Waals surface area contributed by atoms with E-state index >= 15 is 0 Å². The monoisotopic (exact) mass is 375 g/mol. The third kappa shape index (κ3) is 4.33. The van der Waals surface area contributed by atoms with Crippen molar-refractivity contribution >= 4 is 17.5 Å². The minimum atomic E-state index is -0.392. The summed E-state index contributed by atoms with van der Waals surface area (Å²) >= 11 is 6.39. The molecule has 6 nitrogen and oxygen atoms in total. The van der Waals surface area contributed by atoms with E-state index in [0.717, 1.165) is 18.7 Å². The van der Waals surface area contributed by atoms with Crippen LogP contribution in [0.25, 0.3) is 0 Å². The minimum absolute atomic E-state index is 0.0823.